The van der Waals surface area contributed by atoms with E-state index in [1.807, 2.05) is 67.2 Å². The van der Waals surface area contributed by atoms with Crippen molar-refractivity contribution < 1.29 is 19.1 Å². The maximum atomic E-state index is 12.5. The fourth-order valence-electron chi connectivity index (χ4n) is 3.48. The van der Waals surface area contributed by atoms with E-state index in [-0.39, 0.29) is 24.7 Å². The lowest BCUT2D eigenvalue weighted by Gasteiger charge is -2.15. The van der Waals surface area contributed by atoms with Gasteiger partial charge in [0.2, 0.25) is 5.91 Å². The van der Waals surface area contributed by atoms with E-state index in [4.69, 9.17) is 4.74 Å². The van der Waals surface area contributed by atoms with Gasteiger partial charge in [0.25, 0.3) is 0 Å². The Labute approximate surface area is 174 Å². The van der Waals surface area contributed by atoms with Crippen LogP contribution in [0.1, 0.15) is 35.3 Å². The summed E-state index contributed by atoms with van der Waals surface area (Å²) in [6, 6.07) is 16.5. The van der Waals surface area contributed by atoms with Gasteiger partial charge in [-0.15, -0.1) is 0 Å². The fraction of sp³-hybridized carbons (Fsp3) is 0.208. The van der Waals surface area contributed by atoms with Crippen molar-refractivity contribution in [3.05, 3.63) is 83.7 Å². The summed E-state index contributed by atoms with van der Waals surface area (Å²) in [6.07, 6.45) is 3.98. The summed E-state index contributed by atoms with van der Waals surface area (Å²) in [5, 5.41) is 2.81. The number of ether oxygens (including phenoxy) is 1. The van der Waals surface area contributed by atoms with Crippen LogP contribution in [0, 0.1) is 0 Å². The predicted octanol–water partition coefficient (Wildman–Crippen LogP) is 3.68. The van der Waals surface area contributed by atoms with Crippen LogP contribution in [0.3, 0.4) is 0 Å². The quantitative estimate of drug-likeness (QED) is 0.504. The number of nitrogens with zero attached hydrogens (tertiary/aromatic N) is 1. The molecule has 3 aromatic rings. The number of benzene rings is 2. The topological polar surface area (TPSA) is 77.4 Å². The molecule has 4 rings (SSSR count). The zero-order valence-electron chi connectivity index (χ0n) is 16.8. The van der Waals surface area contributed by atoms with Crippen LogP contribution in [0.2, 0.25) is 0 Å². The van der Waals surface area contributed by atoms with E-state index >= 15 is 0 Å². The molecule has 1 aliphatic rings. The van der Waals surface area contributed by atoms with E-state index in [0.717, 1.165) is 16.8 Å². The Morgan fingerprint density at radius 3 is 2.43 bits per heavy atom. The van der Waals surface area contributed by atoms with Crippen LogP contribution in [0.15, 0.2) is 67.0 Å². The van der Waals surface area contributed by atoms with Gasteiger partial charge in [0, 0.05) is 29.3 Å². The van der Waals surface area contributed by atoms with Gasteiger partial charge in [-0.1, -0.05) is 12.1 Å². The van der Waals surface area contributed by atoms with E-state index in [2.05, 4.69) is 5.32 Å². The molecule has 30 heavy (non-hydrogen) atoms. The number of carbonyl (C=O) groups excluding carboxylic acids is 3. The molecule has 1 aromatic heterocycles. The first kappa shape index (κ1) is 19.6. The lowest BCUT2D eigenvalue weighted by atomic mass is 9.85. The molecule has 1 aliphatic heterocycles. The zero-order chi connectivity index (χ0) is 21.3. The second kappa shape index (κ2) is 7.63. The first-order valence-electron chi connectivity index (χ1n) is 9.72. The van der Waals surface area contributed by atoms with Crippen LogP contribution >= 0.6 is 0 Å². The SMILES string of the molecule is CC1(C)C(=O)Nc2ccc(C(=O)COC(=O)Cc3ccc(-n4cccc4)cc3)cc21. The van der Waals surface area contributed by atoms with Crippen molar-refractivity contribution in [2.75, 3.05) is 11.9 Å². The highest BCUT2D eigenvalue weighted by Crippen LogP contribution is 2.37. The van der Waals surface area contributed by atoms with Crippen LogP contribution in [-0.4, -0.2) is 28.8 Å². The monoisotopic (exact) mass is 402 g/mol. The summed E-state index contributed by atoms with van der Waals surface area (Å²) in [5.74, 6) is -0.865. The summed E-state index contributed by atoms with van der Waals surface area (Å²) in [7, 11) is 0. The third-order valence-electron chi connectivity index (χ3n) is 5.38. The van der Waals surface area contributed by atoms with E-state index in [1.54, 1.807) is 18.2 Å². The van der Waals surface area contributed by atoms with Gasteiger partial charge in [-0.2, -0.15) is 0 Å². The molecule has 0 spiro atoms. The maximum Gasteiger partial charge on any atom is 0.310 e. The van der Waals surface area contributed by atoms with Crippen molar-refractivity contribution in [2.45, 2.75) is 25.7 Å². The summed E-state index contributed by atoms with van der Waals surface area (Å²) in [4.78, 5) is 36.7. The lowest BCUT2D eigenvalue weighted by molar-refractivity contribution is -0.141. The molecule has 0 saturated carbocycles. The standard InChI is InChI=1S/C24H22N2O4/c1-24(2)19-14-17(7-10-20(19)25-23(24)29)21(27)15-30-22(28)13-16-5-8-18(9-6-16)26-11-3-4-12-26/h3-12,14H,13,15H2,1-2H3,(H,25,29). The van der Waals surface area contributed by atoms with E-state index in [0.29, 0.717) is 11.3 Å². The van der Waals surface area contributed by atoms with Crippen LogP contribution in [0.4, 0.5) is 5.69 Å². The van der Waals surface area contributed by atoms with Crippen LogP contribution in [0.5, 0.6) is 0 Å². The molecular formula is C24H22N2O4. The molecule has 1 amide bonds. The molecule has 0 radical (unpaired) electrons. The second-order valence-corrected chi connectivity index (χ2v) is 7.86. The van der Waals surface area contributed by atoms with E-state index in [1.165, 1.54) is 0 Å². The van der Waals surface area contributed by atoms with Gasteiger partial charge in [-0.3, -0.25) is 14.4 Å². The number of carbonyl (C=O) groups is 3. The number of hydrogen-bond donors (Lipinski definition) is 1. The molecule has 0 bridgehead atoms. The smallest absolute Gasteiger partial charge is 0.310 e. The Hall–Kier alpha value is -3.67. The average molecular weight is 402 g/mol. The Balaban J connectivity index is 1.35. The van der Waals surface area contributed by atoms with Crippen molar-refractivity contribution in [3.8, 4) is 5.69 Å². The lowest BCUT2D eigenvalue weighted by Crippen LogP contribution is -2.27. The number of aromatic nitrogens is 1. The third-order valence-corrected chi connectivity index (χ3v) is 5.38. The molecule has 0 fully saturated rings. The van der Waals surface area contributed by atoms with Crippen molar-refractivity contribution >= 4 is 23.3 Å². The van der Waals surface area contributed by atoms with Crippen molar-refractivity contribution in [2.24, 2.45) is 0 Å². The van der Waals surface area contributed by atoms with E-state index in [9.17, 15) is 14.4 Å². The number of hydrogen-bond acceptors (Lipinski definition) is 4. The molecule has 152 valence electrons. The maximum absolute atomic E-state index is 12.5. The van der Waals surface area contributed by atoms with Gasteiger partial charge < -0.3 is 14.6 Å². The number of nitrogens with one attached hydrogen (secondary N) is 1. The van der Waals surface area contributed by atoms with Crippen LogP contribution < -0.4 is 5.32 Å². The van der Waals surface area contributed by atoms with Gasteiger partial charge in [0.15, 0.2) is 12.4 Å². The van der Waals surface area contributed by atoms with Crippen LogP contribution in [0.25, 0.3) is 5.69 Å². The Bertz CT molecular complexity index is 1110. The first-order chi connectivity index (χ1) is 14.3. The molecule has 0 atom stereocenters. The summed E-state index contributed by atoms with van der Waals surface area (Å²) in [5.41, 5.74) is 3.01. The number of esters is 1. The minimum absolute atomic E-state index is 0.0921. The van der Waals surface area contributed by atoms with Crippen LogP contribution in [-0.2, 0) is 26.2 Å². The summed E-state index contributed by atoms with van der Waals surface area (Å²) in [6.45, 7) is 3.29. The molecule has 6 heteroatoms. The number of rotatable bonds is 6. The summed E-state index contributed by atoms with van der Waals surface area (Å²) >= 11 is 0. The minimum atomic E-state index is -0.699. The van der Waals surface area contributed by atoms with Gasteiger partial charge in [-0.05, 0) is 67.4 Å². The number of fused-ring (bicyclic) bond motifs is 1. The Morgan fingerprint density at radius 1 is 1.03 bits per heavy atom. The Morgan fingerprint density at radius 2 is 1.73 bits per heavy atom. The number of Topliss-reactive ketones (excluding diaryl/α,β-unsaturated/α-hetero) is 1. The molecule has 1 N–H and O–H groups in total. The van der Waals surface area contributed by atoms with Crippen molar-refractivity contribution in [3.63, 3.8) is 0 Å². The number of anilines is 1. The largest absolute Gasteiger partial charge is 0.457 e. The molecule has 2 heterocycles. The Kier molecular flexibility index (Phi) is 4.99. The molecular weight excluding hydrogens is 380 g/mol. The second-order valence-electron chi connectivity index (χ2n) is 7.86. The predicted molar refractivity (Wildman–Crippen MR) is 113 cm³/mol. The van der Waals surface area contributed by atoms with Gasteiger partial charge in [-0.25, -0.2) is 0 Å². The fourth-order valence-corrected chi connectivity index (χ4v) is 3.48. The van der Waals surface area contributed by atoms with Gasteiger partial charge in [0.1, 0.15) is 0 Å². The molecule has 2 aromatic carbocycles. The molecule has 0 aliphatic carbocycles. The highest BCUT2D eigenvalue weighted by molar-refractivity contribution is 6.07. The normalized spacial score (nSPS) is 14.1. The molecule has 0 unspecified atom stereocenters. The molecule has 0 saturated heterocycles. The number of amides is 1. The zero-order valence-corrected chi connectivity index (χ0v) is 16.8. The van der Waals surface area contributed by atoms with Gasteiger partial charge >= 0.3 is 5.97 Å². The number of ketones is 1. The van der Waals surface area contributed by atoms with Crippen molar-refractivity contribution in [1.82, 2.24) is 4.57 Å². The first-order valence-corrected chi connectivity index (χ1v) is 9.72. The summed E-state index contributed by atoms with van der Waals surface area (Å²) < 4.78 is 7.15. The minimum Gasteiger partial charge on any atom is -0.457 e. The van der Waals surface area contributed by atoms with Gasteiger partial charge in [0.05, 0.1) is 11.8 Å². The average Bonchev–Trinajstić information content (AvgIpc) is 3.34. The van der Waals surface area contributed by atoms with Crippen molar-refractivity contribution in [1.29, 1.82) is 0 Å². The van der Waals surface area contributed by atoms with E-state index < -0.39 is 11.4 Å². The third kappa shape index (κ3) is 3.76. The highest BCUT2D eigenvalue weighted by atomic mass is 16.5. The highest BCUT2D eigenvalue weighted by Gasteiger charge is 2.38. The molecule has 6 nitrogen and oxygen atoms in total.